The van der Waals surface area contributed by atoms with Crippen LogP contribution in [0, 0.1) is 5.92 Å². The highest BCUT2D eigenvalue weighted by Crippen LogP contribution is 2.32. The third kappa shape index (κ3) is 3.94. The Kier molecular flexibility index (Phi) is 5.24. The van der Waals surface area contributed by atoms with Crippen molar-refractivity contribution < 1.29 is 14.3 Å². The second kappa shape index (κ2) is 7.57. The van der Waals surface area contributed by atoms with E-state index in [1.807, 2.05) is 30.3 Å². The van der Waals surface area contributed by atoms with Crippen molar-refractivity contribution in [1.29, 1.82) is 0 Å². The zero-order chi connectivity index (χ0) is 17.8. The van der Waals surface area contributed by atoms with Crippen LogP contribution in [0.5, 0.6) is 5.75 Å². The molecule has 2 aromatic carbocycles. The summed E-state index contributed by atoms with van der Waals surface area (Å²) < 4.78 is 5.12. The van der Waals surface area contributed by atoms with Gasteiger partial charge in [0.15, 0.2) is 0 Å². The van der Waals surface area contributed by atoms with E-state index in [1.54, 1.807) is 23.1 Å². The molecular formula is C19H19ClN2O3. The molecule has 0 saturated carbocycles. The molecule has 6 heteroatoms. The maximum absolute atomic E-state index is 12.4. The first kappa shape index (κ1) is 17.3. The molecule has 1 aliphatic rings. The third-order valence-electron chi connectivity index (χ3n) is 4.25. The minimum Gasteiger partial charge on any atom is -0.495 e. The number of hydrogen-bond donors (Lipinski definition) is 1. The van der Waals surface area contributed by atoms with E-state index in [1.165, 1.54) is 7.11 Å². The van der Waals surface area contributed by atoms with Gasteiger partial charge in [-0.1, -0.05) is 41.9 Å². The Balaban J connectivity index is 1.63. The lowest BCUT2D eigenvalue weighted by atomic mass is 10.1. The normalized spacial score (nSPS) is 16.8. The summed E-state index contributed by atoms with van der Waals surface area (Å²) in [6.07, 6.45) is 0.199. The average Bonchev–Trinajstić information content (AvgIpc) is 3.02. The monoisotopic (exact) mass is 358 g/mol. The lowest BCUT2D eigenvalue weighted by molar-refractivity contribution is -0.126. The summed E-state index contributed by atoms with van der Waals surface area (Å²) in [5, 5.41) is 3.33. The van der Waals surface area contributed by atoms with Crippen LogP contribution in [0.3, 0.4) is 0 Å². The number of rotatable bonds is 5. The maximum Gasteiger partial charge on any atom is 0.227 e. The summed E-state index contributed by atoms with van der Waals surface area (Å²) >= 11 is 6.13. The van der Waals surface area contributed by atoms with Gasteiger partial charge >= 0.3 is 0 Å². The molecule has 1 N–H and O–H groups in total. The van der Waals surface area contributed by atoms with Gasteiger partial charge in [-0.15, -0.1) is 0 Å². The molecule has 5 nitrogen and oxygen atoms in total. The first-order valence-corrected chi connectivity index (χ1v) is 8.42. The van der Waals surface area contributed by atoms with E-state index in [0.29, 0.717) is 29.5 Å². The molecule has 2 aromatic rings. The van der Waals surface area contributed by atoms with E-state index in [4.69, 9.17) is 16.3 Å². The van der Waals surface area contributed by atoms with Crippen molar-refractivity contribution >= 4 is 29.1 Å². The van der Waals surface area contributed by atoms with Gasteiger partial charge in [-0.2, -0.15) is 0 Å². The number of halogens is 1. The van der Waals surface area contributed by atoms with E-state index in [0.717, 1.165) is 5.56 Å². The van der Waals surface area contributed by atoms with Crippen LogP contribution in [0.1, 0.15) is 12.0 Å². The number of anilines is 1. The van der Waals surface area contributed by atoms with Crippen LogP contribution in [0.2, 0.25) is 5.02 Å². The Hall–Kier alpha value is -2.53. The van der Waals surface area contributed by atoms with Crippen molar-refractivity contribution in [3.8, 4) is 5.75 Å². The van der Waals surface area contributed by atoms with Crippen LogP contribution in [0.4, 0.5) is 5.69 Å². The molecule has 1 heterocycles. The molecule has 1 aliphatic heterocycles. The number of nitrogens with one attached hydrogen (secondary N) is 1. The van der Waals surface area contributed by atoms with Crippen molar-refractivity contribution in [3.63, 3.8) is 0 Å². The van der Waals surface area contributed by atoms with Crippen molar-refractivity contribution in [1.82, 2.24) is 5.32 Å². The largest absolute Gasteiger partial charge is 0.495 e. The SMILES string of the molecule is COc1ccc(N2CC(C(=O)NCc3ccccc3)CC2=O)cc1Cl. The molecule has 1 fully saturated rings. The van der Waals surface area contributed by atoms with Gasteiger partial charge in [0.1, 0.15) is 5.75 Å². The predicted octanol–water partition coefficient (Wildman–Crippen LogP) is 3.02. The van der Waals surface area contributed by atoms with Gasteiger partial charge in [0, 0.05) is 25.2 Å². The van der Waals surface area contributed by atoms with Crippen molar-refractivity contribution in [2.45, 2.75) is 13.0 Å². The minimum absolute atomic E-state index is 0.0823. The van der Waals surface area contributed by atoms with Gasteiger partial charge < -0.3 is 15.0 Å². The highest BCUT2D eigenvalue weighted by atomic mass is 35.5. The molecule has 0 aliphatic carbocycles. The van der Waals surface area contributed by atoms with Crippen LogP contribution in [0.15, 0.2) is 48.5 Å². The average molecular weight is 359 g/mol. The Bertz CT molecular complexity index is 779. The summed E-state index contributed by atoms with van der Waals surface area (Å²) in [6, 6.07) is 14.9. The van der Waals surface area contributed by atoms with Crippen molar-refractivity contribution in [2.75, 3.05) is 18.6 Å². The standard InChI is InChI=1S/C19H19ClN2O3/c1-25-17-8-7-15(10-16(17)20)22-12-14(9-18(22)23)19(24)21-11-13-5-3-2-4-6-13/h2-8,10,14H,9,11-12H2,1H3,(H,21,24). The van der Waals surface area contributed by atoms with Crippen LogP contribution >= 0.6 is 11.6 Å². The van der Waals surface area contributed by atoms with E-state index in [-0.39, 0.29) is 24.2 Å². The smallest absolute Gasteiger partial charge is 0.227 e. The summed E-state index contributed by atoms with van der Waals surface area (Å²) in [6.45, 7) is 0.806. The number of amides is 2. The van der Waals surface area contributed by atoms with Crippen LogP contribution in [-0.4, -0.2) is 25.5 Å². The van der Waals surface area contributed by atoms with E-state index >= 15 is 0 Å². The molecule has 1 saturated heterocycles. The van der Waals surface area contributed by atoms with Crippen LogP contribution in [0.25, 0.3) is 0 Å². The number of benzene rings is 2. The highest BCUT2D eigenvalue weighted by Gasteiger charge is 2.35. The molecular weight excluding hydrogens is 340 g/mol. The topological polar surface area (TPSA) is 58.6 Å². The Morgan fingerprint density at radius 2 is 2.04 bits per heavy atom. The highest BCUT2D eigenvalue weighted by molar-refractivity contribution is 6.32. The van der Waals surface area contributed by atoms with E-state index in [9.17, 15) is 9.59 Å². The van der Waals surface area contributed by atoms with Crippen LogP contribution in [-0.2, 0) is 16.1 Å². The van der Waals surface area contributed by atoms with E-state index in [2.05, 4.69) is 5.32 Å². The predicted molar refractivity (Wildman–Crippen MR) is 96.8 cm³/mol. The molecule has 0 spiro atoms. The van der Waals surface area contributed by atoms with Gasteiger partial charge in [0.25, 0.3) is 0 Å². The lowest BCUT2D eigenvalue weighted by Crippen LogP contribution is -2.32. The minimum atomic E-state index is -0.364. The summed E-state index contributed by atoms with van der Waals surface area (Å²) in [7, 11) is 1.54. The molecule has 2 amide bonds. The molecule has 3 rings (SSSR count). The van der Waals surface area contributed by atoms with Crippen molar-refractivity contribution in [3.05, 3.63) is 59.1 Å². The first-order valence-electron chi connectivity index (χ1n) is 8.04. The summed E-state index contributed by atoms with van der Waals surface area (Å²) in [5.41, 5.74) is 1.70. The second-order valence-corrected chi connectivity index (χ2v) is 6.33. The molecule has 0 bridgehead atoms. The van der Waals surface area contributed by atoms with Crippen molar-refractivity contribution in [2.24, 2.45) is 5.92 Å². The number of carbonyl (C=O) groups excluding carboxylic acids is 2. The molecule has 130 valence electrons. The number of ether oxygens (including phenoxy) is 1. The number of carbonyl (C=O) groups is 2. The van der Waals surface area contributed by atoms with Gasteiger partial charge in [-0.3, -0.25) is 9.59 Å². The summed E-state index contributed by atoms with van der Waals surface area (Å²) in [5.74, 6) is -0.00767. The van der Waals surface area contributed by atoms with Gasteiger partial charge in [0.2, 0.25) is 11.8 Å². The molecule has 0 radical (unpaired) electrons. The van der Waals surface area contributed by atoms with Crippen LogP contribution < -0.4 is 15.0 Å². The van der Waals surface area contributed by atoms with Gasteiger partial charge in [0.05, 0.1) is 18.1 Å². The Labute approximate surface area is 151 Å². The first-order chi connectivity index (χ1) is 12.1. The number of methoxy groups -OCH3 is 1. The molecule has 1 atom stereocenters. The number of nitrogens with zero attached hydrogens (tertiary/aromatic N) is 1. The fraction of sp³-hybridized carbons (Fsp3) is 0.263. The fourth-order valence-electron chi connectivity index (χ4n) is 2.89. The zero-order valence-corrected chi connectivity index (χ0v) is 14.6. The lowest BCUT2D eigenvalue weighted by Gasteiger charge is -2.18. The third-order valence-corrected chi connectivity index (χ3v) is 4.55. The van der Waals surface area contributed by atoms with E-state index < -0.39 is 0 Å². The van der Waals surface area contributed by atoms with Gasteiger partial charge in [-0.25, -0.2) is 0 Å². The zero-order valence-electron chi connectivity index (χ0n) is 13.9. The maximum atomic E-state index is 12.4. The van der Waals surface area contributed by atoms with Gasteiger partial charge in [-0.05, 0) is 23.8 Å². The Morgan fingerprint density at radius 1 is 1.28 bits per heavy atom. The molecule has 25 heavy (non-hydrogen) atoms. The Morgan fingerprint density at radius 3 is 2.72 bits per heavy atom. The molecule has 0 aromatic heterocycles. The second-order valence-electron chi connectivity index (χ2n) is 5.93. The summed E-state index contributed by atoms with van der Waals surface area (Å²) in [4.78, 5) is 26.3. The number of hydrogen-bond acceptors (Lipinski definition) is 3. The molecule has 1 unspecified atom stereocenters. The fourth-order valence-corrected chi connectivity index (χ4v) is 3.14. The quantitative estimate of drug-likeness (QED) is 0.893.